The zero-order valence-corrected chi connectivity index (χ0v) is 17.4. The molecule has 2 bridgehead atoms. The van der Waals surface area contributed by atoms with Crippen molar-refractivity contribution in [3.63, 3.8) is 0 Å². The van der Waals surface area contributed by atoms with Gasteiger partial charge in [0.25, 0.3) is 0 Å². The molecular formula is C23H27FN4O3. The number of nitrogen functional groups attached to an aromatic ring is 1. The third kappa shape index (κ3) is 3.67. The number of carbonyl (C=O) groups is 1. The molecule has 7 nitrogen and oxygen atoms in total. The van der Waals surface area contributed by atoms with E-state index in [-0.39, 0.29) is 35.2 Å². The fraction of sp³-hybridized carbons (Fsp3) is 0.348. The second-order valence-corrected chi connectivity index (χ2v) is 8.19. The lowest BCUT2D eigenvalue weighted by molar-refractivity contribution is -0.146. The molecule has 1 aromatic carbocycles. The first-order valence-electron chi connectivity index (χ1n) is 10.3. The molecule has 31 heavy (non-hydrogen) atoms. The number of anilines is 1. The number of nitrogens with two attached hydrogens (primary N) is 2. The van der Waals surface area contributed by atoms with Gasteiger partial charge < -0.3 is 31.2 Å². The van der Waals surface area contributed by atoms with Gasteiger partial charge in [-0.15, -0.1) is 0 Å². The number of H-pyrrole nitrogens is 1. The van der Waals surface area contributed by atoms with Crippen LogP contribution in [0.15, 0.2) is 30.9 Å². The number of phenolic OH excluding ortho intramolecular Hbond substituents is 1. The van der Waals surface area contributed by atoms with Crippen molar-refractivity contribution in [1.29, 1.82) is 0 Å². The van der Waals surface area contributed by atoms with Crippen molar-refractivity contribution < 1.29 is 19.0 Å². The summed E-state index contributed by atoms with van der Waals surface area (Å²) in [5.74, 6) is -0.651. The average molecular weight is 426 g/mol. The fourth-order valence-electron chi connectivity index (χ4n) is 4.85. The van der Waals surface area contributed by atoms with Crippen LogP contribution in [0.4, 0.5) is 10.2 Å². The molecule has 6 N–H and O–H groups in total. The van der Waals surface area contributed by atoms with Crippen LogP contribution >= 0.6 is 0 Å². The molecule has 2 unspecified atom stereocenters. The third-order valence-electron chi connectivity index (χ3n) is 6.32. The summed E-state index contributed by atoms with van der Waals surface area (Å²) in [5.41, 5.74) is 15.5. The molecule has 1 aromatic heterocycles. The van der Waals surface area contributed by atoms with E-state index >= 15 is 0 Å². The number of fused-ring (bicyclic) bond motifs is 2. The van der Waals surface area contributed by atoms with Crippen LogP contribution in [0.25, 0.3) is 11.8 Å². The zero-order valence-electron chi connectivity index (χ0n) is 17.4. The van der Waals surface area contributed by atoms with Crippen molar-refractivity contribution in [2.24, 2.45) is 5.73 Å². The van der Waals surface area contributed by atoms with Crippen molar-refractivity contribution in [3.8, 4) is 5.75 Å². The first-order valence-corrected chi connectivity index (χ1v) is 10.3. The van der Waals surface area contributed by atoms with Crippen LogP contribution in [0.2, 0.25) is 0 Å². The molecule has 2 aliphatic rings. The second-order valence-electron chi connectivity index (χ2n) is 8.19. The van der Waals surface area contributed by atoms with E-state index in [4.69, 9.17) is 16.2 Å². The molecule has 2 saturated heterocycles. The number of hydrogen-bond acceptors (Lipinski definition) is 5. The smallest absolute Gasteiger partial charge is 0.246 e. The van der Waals surface area contributed by atoms with Crippen molar-refractivity contribution in [1.82, 2.24) is 9.88 Å². The van der Waals surface area contributed by atoms with Gasteiger partial charge in [0.15, 0.2) is 11.6 Å². The number of hydrogen-bond donors (Lipinski definition) is 4. The molecule has 3 heterocycles. The summed E-state index contributed by atoms with van der Waals surface area (Å²) in [6, 6.07) is 4.18. The Hall–Kier alpha value is -3.26. The minimum absolute atomic E-state index is 0.0137. The molecule has 2 fully saturated rings. The van der Waals surface area contributed by atoms with Crippen LogP contribution in [-0.4, -0.2) is 46.2 Å². The maximum absolute atomic E-state index is 13.7. The third-order valence-corrected chi connectivity index (χ3v) is 6.32. The highest BCUT2D eigenvalue weighted by molar-refractivity contribution is 5.88. The molecule has 0 aliphatic carbocycles. The number of amides is 1. The van der Waals surface area contributed by atoms with Gasteiger partial charge in [0, 0.05) is 28.4 Å². The van der Waals surface area contributed by atoms with Gasteiger partial charge >= 0.3 is 0 Å². The Morgan fingerprint density at radius 3 is 2.68 bits per heavy atom. The summed E-state index contributed by atoms with van der Waals surface area (Å²) in [5, 5.41) is 9.99. The molecule has 0 radical (unpaired) electrons. The first kappa shape index (κ1) is 21.0. The number of aromatic hydroxyl groups is 1. The van der Waals surface area contributed by atoms with Crippen molar-refractivity contribution in [3.05, 3.63) is 59.1 Å². The van der Waals surface area contributed by atoms with Crippen LogP contribution in [0.3, 0.4) is 0 Å². The number of rotatable bonds is 4. The predicted octanol–water partition coefficient (Wildman–Crippen LogP) is 2.87. The van der Waals surface area contributed by atoms with Gasteiger partial charge in [-0.3, -0.25) is 4.79 Å². The van der Waals surface area contributed by atoms with E-state index in [2.05, 4.69) is 11.6 Å². The summed E-state index contributed by atoms with van der Waals surface area (Å²) >= 11 is 0. The highest BCUT2D eigenvalue weighted by atomic mass is 19.1. The van der Waals surface area contributed by atoms with Gasteiger partial charge in [-0.2, -0.15) is 0 Å². The number of nitrogens with zero attached hydrogens (tertiary/aromatic N) is 1. The van der Waals surface area contributed by atoms with Gasteiger partial charge in [-0.1, -0.05) is 12.6 Å². The van der Waals surface area contributed by atoms with Gasteiger partial charge in [-0.05, 0) is 49.6 Å². The van der Waals surface area contributed by atoms with Crippen molar-refractivity contribution in [2.75, 3.05) is 18.9 Å². The maximum atomic E-state index is 13.7. The molecular weight excluding hydrogens is 399 g/mol. The van der Waals surface area contributed by atoms with Crippen LogP contribution in [-0.2, 0) is 9.53 Å². The number of ether oxygens (including phenoxy) is 1. The lowest BCUT2D eigenvalue weighted by Crippen LogP contribution is -2.58. The van der Waals surface area contributed by atoms with E-state index < -0.39 is 11.6 Å². The van der Waals surface area contributed by atoms with Gasteiger partial charge in [-0.25, -0.2) is 4.39 Å². The number of nitrogens with one attached hydrogen (secondary N) is 1. The molecule has 2 atom stereocenters. The van der Waals surface area contributed by atoms with E-state index in [0.717, 1.165) is 24.1 Å². The lowest BCUT2D eigenvalue weighted by Gasteiger charge is -2.48. The van der Waals surface area contributed by atoms with E-state index in [9.17, 15) is 14.3 Å². The van der Waals surface area contributed by atoms with E-state index in [1.807, 2.05) is 11.8 Å². The summed E-state index contributed by atoms with van der Waals surface area (Å²) < 4.78 is 19.4. The SMILES string of the molecule is C=CC(=O)N1C2COCC1CC(c1[nH]c(N)c(/C=C(\N)c3cccc(F)c3O)c1C)C2. The number of aromatic amines is 1. The Bertz CT molecular complexity index is 1050. The van der Waals surface area contributed by atoms with Crippen molar-refractivity contribution in [2.45, 2.75) is 37.8 Å². The molecule has 2 aliphatic heterocycles. The Morgan fingerprint density at radius 2 is 2.03 bits per heavy atom. The van der Waals surface area contributed by atoms with Gasteiger partial charge in [0.2, 0.25) is 5.91 Å². The topological polar surface area (TPSA) is 118 Å². The number of para-hydroxylation sites is 1. The van der Waals surface area contributed by atoms with Crippen LogP contribution < -0.4 is 11.5 Å². The highest BCUT2D eigenvalue weighted by Gasteiger charge is 2.42. The first-order chi connectivity index (χ1) is 14.8. The summed E-state index contributed by atoms with van der Waals surface area (Å²) in [6.07, 6.45) is 4.51. The number of benzene rings is 1. The molecule has 4 rings (SSSR count). The Morgan fingerprint density at radius 1 is 1.35 bits per heavy atom. The van der Waals surface area contributed by atoms with Crippen LogP contribution in [0.5, 0.6) is 5.75 Å². The van der Waals surface area contributed by atoms with Gasteiger partial charge in [0.1, 0.15) is 5.82 Å². The van der Waals surface area contributed by atoms with Gasteiger partial charge in [0.05, 0.1) is 25.3 Å². The Balaban J connectivity index is 1.64. The van der Waals surface area contributed by atoms with Crippen molar-refractivity contribution >= 4 is 23.5 Å². The quantitative estimate of drug-likeness (QED) is 0.561. The number of halogens is 1. The normalized spacial score (nSPS) is 23.6. The number of aromatic nitrogens is 1. The lowest BCUT2D eigenvalue weighted by atomic mass is 9.81. The molecule has 2 aromatic rings. The van der Waals surface area contributed by atoms with Crippen LogP contribution in [0, 0.1) is 12.7 Å². The number of morpholine rings is 1. The zero-order chi connectivity index (χ0) is 22.3. The highest BCUT2D eigenvalue weighted by Crippen LogP contribution is 2.40. The number of carbonyl (C=O) groups excluding carboxylic acids is 1. The largest absolute Gasteiger partial charge is 0.504 e. The minimum Gasteiger partial charge on any atom is -0.504 e. The predicted molar refractivity (Wildman–Crippen MR) is 117 cm³/mol. The molecule has 0 saturated carbocycles. The Kier molecular flexibility index (Phi) is 5.49. The molecule has 164 valence electrons. The summed E-state index contributed by atoms with van der Waals surface area (Å²) in [6.45, 7) is 6.58. The van der Waals surface area contributed by atoms with Crippen LogP contribution in [0.1, 0.15) is 41.1 Å². The Labute approximate surface area is 180 Å². The van der Waals surface area contributed by atoms with E-state index in [1.54, 1.807) is 12.1 Å². The standard InChI is InChI=1S/C23H27FN4O3/c1-3-20(29)28-14-7-13(8-15(28)11-31-10-14)21-12(2)17(23(26)27-21)9-19(25)16-5-4-6-18(24)22(16)30/h3-6,9,13-15,27,30H,1,7-8,10-11,25-26H2,2H3/b19-9-. The van der Waals surface area contributed by atoms with E-state index in [1.165, 1.54) is 18.2 Å². The number of piperidine rings is 1. The minimum atomic E-state index is -0.733. The average Bonchev–Trinajstić information content (AvgIpc) is 3.02. The molecule has 1 amide bonds. The summed E-state index contributed by atoms with van der Waals surface area (Å²) in [4.78, 5) is 17.5. The maximum Gasteiger partial charge on any atom is 0.246 e. The second kappa shape index (κ2) is 8.11. The molecule has 0 spiro atoms. The monoisotopic (exact) mass is 426 g/mol. The summed E-state index contributed by atoms with van der Waals surface area (Å²) in [7, 11) is 0. The molecule has 8 heteroatoms. The van der Waals surface area contributed by atoms with E-state index in [0.29, 0.717) is 24.6 Å². The number of phenols is 1. The fourth-order valence-corrected chi connectivity index (χ4v) is 4.85.